The standard InChI is InChI=1S/C20H18FN7O2/c1-26-17-16(18(29)27(2)20(26)30)28(12-13-6-8-14(21)9-7-13)19(24-17)25-23-11-15-5-3-4-10-22-15/h3-11H,12H2,1-2H3,(H,24,25)/b23-11+. The fourth-order valence-electron chi connectivity index (χ4n) is 3.07. The summed E-state index contributed by atoms with van der Waals surface area (Å²) in [6.45, 7) is 0.228. The summed E-state index contributed by atoms with van der Waals surface area (Å²) < 4.78 is 17.2. The van der Waals surface area contributed by atoms with Gasteiger partial charge in [0.2, 0.25) is 5.95 Å². The van der Waals surface area contributed by atoms with Crippen molar-refractivity contribution in [2.75, 3.05) is 5.43 Å². The number of nitrogens with one attached hydrogen (secondary N) is 1. The Morgan fingerprint density at radius 2 is 1.87 bits per heavy atom. The number of aromatic nitrogens is 5. The van der Waals surface area contributed by atoms with Crippen LogP contribution in [-0.2, 0) is 20.6 Å². The summed E-state index contributed by atoms with van der Waals surface area (Å²) in [4.78, 5) is 33.7. The second kappa shape index (κ2) is 7.74. The summed E-state index contributed by atoms with van der Waals surface area (Å²) >= 11 is 0. The molecule has 30 heavy (non-hydrogen) atoms. The van der Waals surface area contributed by atoms with Crippen LogP contribution in [0, 0.1) is 5.82 Å². The average molecular weight is 407 g/mol. The van der Waals surface area contributed by atoms with Crippen molar-refractivity contribution in [2.24, 2.45) is 19.2 Å². The van der Waals surface area contributed by atoms with Crippen LogP contribution >= 0.6 is 0 Å². The van der Waals surface area contributed by atoms with E-state index in [2.05, 4.69) is 20.5 Å². The van der Waals surface area contributed by atoms with Crippen molar-refractivity contribution < 1.29 is 4.39 Å². The van der Waals surface area contributed by atoms with E-state index in [9.17, 15) is 14.0 Å². The van der Waals surface area contributed by atoms with Crippen molar-refractivity contribution in [3.8, 4) is 0 Å². The predicted octanol–water partition coefficient (Wildman–Crippen LogP) is 1.46. The van der Waals surface area contributed by atoms with Crippen molar-refractivity contribution >= 4 is 23.3 Å². The maximum Gasteiger partial charge on any atom is 0.332 e. The molecule has 0 saturated carbocycles. The number of imidazole rings is 1. The summed E-state index contributed by atoms with van der Waals surface area (Å²) in [6.07, 6.45) is 3.16. The van der Waals surface area contributed by atoms with Crippen molar-refractivity contribution in [3.05, 3.63) is 86.6 Å². The Morgan fingerprint density at radius 1 is 1.10 bits per heavy atom. The van der Waals surface area contributed by atoms with Gasteiger partial charge in [0.15, 0.2) is 11.2 Å². The van der Waals surface area contributed by atoms with Gasteiger partial charge in [0, 0.05) is 20.3 Å². The molecule has 0 unspecified atom stereocenters. The fraction of sp³-hybridized carbons (Fsp3) is 0.150. The third-order valence-electron chi connectivity index (χ3n) is 4.65. The second-order valence-electron chi connectivity index (χ2n) is 6.65. The molecule has 4 rings (SSSR count). The van der Waals surface area contributed by atoms with Crippen LogP contribution in [0.2, 0.25) is 0 Å². The highest BCUT2D eigenvalue weighted by Gasteiger charge is 2.19. The molecule has 0 fully saturated rings. The minimum atomic E-state index is -0.484. The quantitative estimate of drug-likeness (QED) is 0.399. The number of rotatable bonds is 5. The molecule has 152 valence electrons. The SMILES string of the molecule is Cn1c(=O)c2c(nc(N/N=C/c3ccccn3)n2Cc2ccc(F)cc2)n(C)c1=O. The van der Waals surface area contributed by atoms with Crippen LogP contribution in [0.3, 0.4) is 0 Å². The van der Waals surface area contributed by atoms with Crippen molar-refractivity contribution in [1.82, 2.24) is 23.7 Å². The maximum absolute atomic E-state index is 13.3. The van der Waals surface area contributed by atoms with E-state index in [-0.39, 0.29) is 29.5 Å². The minimum absolute atomic E-state index is 0.223. The zero-order valence-corrected chi connectivity index (χ0v) is 16.3. The van der Waals surface area contributed by atoms with Crippen LogP contribution in [0.25, 0.3) is 11.2 Å². The van der Waals surface area contributed by atoms with Crippen LogP contribution in [0.1, 0.15) is 11.3 Å². The zero-order valence-electron chi connectivity index (χ0n) is 16.3. The molecule has 0 aliphatic rings. The lowest BCUT2D eigenvalue weighted by Crippen LogP contribution is -2.37. The number of halogens is 1. The Bertz CT molecular complexity index is 1350. The first-order valence-corrected chi connectivity index (χ1v) is 9.06. The third kappa shape index (κ3) is 3.50. The molecule has 0 saturated heterocycles. The van der Waals surface area contributed by atoms with Crippen LogP contribution in [-0.4, -0.2) is 29.9 Å². The lowest BCUT2D eigenvalue weighted by molar-refractivity contribution is 0.626. The Kier molecular flexibility index (Phi) is 4.97. The lowest BCUT2D eigenvalue weighted by atomic mass is 10.2. The number of fused-ring (bicyclic) bond motifs is 1. The molecule has 0 spiro atoms. The molecule has 10 heteroatoms. The molecule has 1 aromatic carbocycles. The smallest absolute Gasteiger partial charge is 0.298 e. The van der Waals surface area contributed by atoms with Gasteiger partial charge in [0.1, 0.15) is 5.82 Å². The van der Waals surface area contributed by atoms with Crippen molar-refractivity contribution in [3.63, 3.8) is 0 Å². The highest BCUT2D eigenvalue weighted by atomic mass is 19.1. The summed E-state index contributed by atoms with van der Waals surface area (Å²) in [7, 11) is 2.95. The average Bonchev–Trinajstić information content (AvgIpc) is 3.11. The van der Waals surface area contributed by atoms with Crippen LogP contribution in [0.5, 0.6) is 0 Å². The highest BCUT2D eigenvalue weighted by Crippen LogP contribution is 2.18. The first kappa shape index (κ1) is 19.2. The number of hydrazone groups is 1. The number of hydrogen-bond donors (Lipinski definition) is 1. The van der Waals surface area contributed by atoms with Gasteiger partial charge >= 0.3 is 5.69 Å². The van der Waals surface area contributed by atoms with E-state index in [0.29, 0.717) is 5.69 Å². The van der Waals surface area contributed by atoms with Gasteiger partial charge in [0.25, 0.3) is 5.56 Å². The highest BCUT2D eigenvalue weighted by molar-refractivity contribution is 5.78. The molecule has 0 amide bonds. The van der Waals surface area contributed by atoms with E-state index in [1.807, 2.05) is 6.07 Å². The van der Waals surface area contributed by atoms with Gasteiger partial charge in [-0.1, -0.05) is 18.2 Å². The van der Waals surface area contributed by atoms with E-state index < -0.39 is 11.2 Å². The second-order valence-corrected chi connectivity index (χ2v) is 6.65. The maximum atomic E-state index is 13.3. The third-order valence-corrected chi connectivity index (χ3v) is 4.65. The van der Waals surface area contributed by atoms with Crippen LogP contribution in [0.4, 0.5) is 10.3 Å². The zero-order chi connectivity index (χ0) is 21.3. The lowest BCUT2D eigenvalue weighted by Gasteiger charge is -2.09. The number of nitrogens with zero attached hydrogens (tertiary/aromatic N) is 6. The van der Waals surface area contributed by atoms with Crippen LogP contribution < -0.4 is 16.7 Å². The van der Waals surface area contributed by atoms with Gasteiger partial charge < -0.3 is 0 Å². The molecular formula is C20H18FN7O2. The molecule has 0 radical (unpaired) electrons. The van der Waals surface area contributed by atoms with E-state index in [4.69, 9.17) is 0 Å². The number of aryl methyl sites for hydroxylation is 1. The van der Waals surface area contributed by atoms with E-state index >= 15 is 0 Å². The van der Waals surface area contributed by atoms with Gasteiger partial charge in [-0.25, -0.2) is 14.6 Å². The van der Waals surface area contributed by atoms with Gasteiger partial charge in [-0.15, -0.1) is 0 Å². The minimum Gasteiger partial charge on any atom is -0.298 e. The molecule has 3 aromatic heterocycles. The molecule has 4 aromatic rings. The van der Waals surface area contributed by atoms with Crippen LogP contribution in [0.15, 0.2) is 63.4 Å². The summed E-state index contributed by atoms with van der Waals surface area (Å²) in [6, 6.07) is 11.3. The summed E-state index contributed by atoms with van der Waals surface area (Å²) in [5, 5.41) is 4.15. The normalized spacial score (nSPS) is 11.4. The molecule has 0 aliphatic carbocycles. The fourth-order valence-corrected chi connectivity index (χ4v) is 3.07. The molecule has 9 nitrogen and oxygen atoms in total. The molecule has 3 heterocycles. The van der Waals surface area contributed by atoms with Gasteiger partial charge in [0.05, 0.1) is 18.5 Å². The van der Waals surface area contributed by atoms with E-state index in [0.717, 1.165) is 10.1 Å². The molecule has 0 bridgehead atoms. The molecule has 1 N–H and O–H groups in total. The molecule has 0 atom stereocenters. The largest absolute Gasteiger partial charge is 0.332 e. The van der Waals surface area contributed by atoms with Gasteiger partial charge in [-0.3, -0.25) is 23.5 Å². The van der Waals surface area contributed by atoms with Crippen molar-refractivity contribution in [2.45, 2.75) is 6.54 Å². The summed E-state index contributed by atoms with van der Waals surface area (Å²) in [5.41, 5.74) is 3.70. The Labute approximate surface area is 169 Å². The number of hydrogen-bond acceptors (Lipinski definition) is 6. The number of benzene rings is 1. The molecular weight excluding hydrogens is 389 g/mol. The Hall–Kier alpha value is -4.08. The van der Waals surface area contributed by atoms with E-state index in [1.165, 1.54) is 30.0 Å². The van der Waals surface area contributed by atoms with Gasteiger partial charge in [-0.2, -0.15) is 10.1 Å². The van der Waals surface area contributed by atoms with Gasteiger partial charge in [-0.05, 0) is 29.8 Å². The molecule has 0 aliphatic heterocycles. The first-order valence-electron chi connectivity index (χ1n) is 9.06. The van der Waals surface area contributed by atoms with E-state index in [1.54, 1.807) is 42.1 Å². The first-order chi connectivity index (χ1) is 14.5. The number of pyridine rings is 1. The number of anilines is 1. The topological polar surface area (TPSA) is 99.1 Å². The summed E-state index contributed by atoms with van der Waals surface area (Å²) in [5.74, 6) is -0.0920. The Morgan fingerprint density at radius 3 is 2.57 bits per heavy atom. The predicted molar refractivity (Wildman–Crippen MR) is 111 cm³/mol. The monoisotopic (exact) mass is 407 g/mol. The van der Waals surface area contributed by atoms with Crippen molar-refractivity contribution in [1.29, 1.82) is 0 Å². The Balaban J connectivity index is 1.83.